The Bertz CT molecular complexity index is 749. The number of fused-ring (bicyclic) bond motifs is 1. The number of halogens is 3. The number of piperidine rings is 1. The number of H-pyrrole nitrogens is 1. The Balaban J connectivity index is 0.00000182. The van der Waals surface area contributed by atoms with E-state index in [9.17, 15) is 0 Å². The highest BCUT2D eigenvalue weighted by molar-refractivity contribution is 9.11. The first-order valence-electron chi connectivity index (χ1n) is 8.65. The van der Waals surface area contributed by atoms with E-state index in [1.165, 1.54) is 44.3 Å². The molecule has 0 spiro atoms. The second kappa shape index (κ2) is 8.03. The summed E-state index contributed by atoms with van der Waals surface area (Å²) in [6.07, 6.45) is 6.71. The molecule has 2 fully saturated rings. The topological polar surface area (TPSA) is 28.3 Å². The zero-order valence-electron chi connectivity index (χ0n) is 14.2. The number of rotatable bonds is 3. The van der Waals surface area contributed by atoms with Crippen molar-refractivity contribution in [1.82, 2.24) is 9.88 Å². The molecule has 25 heavy (non-hydrogen) atoms. The number of nitrogens with zero attached hydrogens (tertiary/aromatic N) is 1. The second-order valence-corrected chi connectivity index (χ2v) is 8.55. The Labute approximate surface area is 172 Å². The Morgan fingerprint density at radius 1 is 1.12 bits per heavy atom. The van der Waals surface area contributed by atoms with Crippen LogP contribution in [-0.4, -0.2) is 29.6 Å². The van der Waals surface area contributed by atoms with Crippen LogP contribution in [-0.2, 0) is 0 Å². The molecule has 1 N–H and O–H groups in total. The quantitative estimate of drug-likeness (QED) is 0.545. The van der Waals surface area contributed by atoms with Crippen molar-refractivity contribution in [3.05, 3.63) is 38.9 Å². The first kappa shape index (κ1) is 19.3. The zero-order valence-corrected chi connectivity index (χ0v) is 18.2. The Kier molecular flexibility index (Phi) is 6.19. The van der Waals surface area contributed by atoms with Crippen molar-refractivity contribution in [1.29, 1.82) is 0 Å². The van der Waals surface area contributed by atoms with E-state index in [4.69, 9.17) is 4.74 Å². The van der Waals surface area contributed by atoms with Gasteiger partial charge in [0.25, 0.3) is 0 Å². The van der Waals surface area contributed by atoms with E-state index >= 15 is 0 Å². The van der Waals surface area contributed by atoms with Crippen LogP contribution >= 0.6 is 44.3 Å². The third-order valence-electron chi connectivity index (χ3n) is 5.42. The van der Waals surface area contributed by atoms with Gasteiger partial charge < -0.3 is 9.72 Å². The molecule has 0 bridgehead atoms. The Hall–Kier alpha value is -0.490. The summed E-state index contributed by atoms with van der Waals surface area (Å²) in [5, 5.41) is 0. The van der Waals surface area contributed by atoms with Gasteiger partial charge in [-0.05, 0) is 72.4 Å². The Morgan fingerprint density at radius 3 is 2.76 bits per heavy atom. The summed E-state index contributed by atoms with van der Waals surface area (Å²) < 4.78 is 7.61. The van der Waals surface area contributed by atoms with E-state index in [-0.39, 0.29) is 12.4 Å². The second-order valence-electron chi connectivity index (χ2n) is 6.78. The van der Waals surface area contributed by atoms with Gasteiger partial charge in [-0.1, -0.05) is 22.4 Å². The predicted octanol–water partition coefficient (Wildman–Crippen LogP) is 6.33. The molecule has 1 aromatic heterocycles. The van der Waals surface area contributed by atoms with Gasteiger partial charge in [-0.2, -0.15) is 0 Å². The molecular weight excluding hydrogens is 467 g/mol. The number of hydrogen-bond donors (Lipinski definition) is 1. The number of ether oxygens (including phenoxy) is 1. The number of nitrogens with one attached hydrogen (secondary N) is 1. The van der Waals surface area contributed by atoms with Crippen LogP contribution in [0.5, 0.6) is 5.75 Å². The molecule has 6 heteroatoms. The average Bonchev–Trinajstić information content (AvgIpc) is 3.20. The molecule has 0 saturated carbocycles. The third kappa shape index (κ3) is 3.66. The molecule has 2 saturated heterocycles. The largest absolute Gasteiger partial charge is 0.495 e. The maximum Gasteiger partial charge on any atom is 0.142 e. The van der Waals surface area contributed by atoms with Crippen LogP contribution in [0.4, 0.5) is 0 Å². The van der Waals surface area contributed by atoms with E-state index < -0.39 is 0 Å². The standard InChI is InChI=1S/C19H22Br2N2O.ClH/c1-24-19-14(10-12(20)11-15(19)21)16-6-7-17(22-16)18-8-5-13-4-2-3-9-23(13)18;/h6-7,10-11,13,18,22H,2-5,8-9H2,1H3;1H. The number of benzene rings is 1. The zero-order chi connectivity index (χ0) is 16.7. The van der Waals surface area contributed by atoms with Gasteiger partial charge >= 0.3 is 0 Å². The molecule has 2 aliphatic rings. The summed E-state index contributed by atoms with van der Waals surface area (Å²) in [5.41, 5.74) is 3.54. The molecule has 2 unspecified atom stereocenters. The Morgan fingerprint density at radius 2 is 1.96 bits per heavy atom. The lowest BCUT2D eigenvalue weighted by molar-refractivity contribution is 0.148. The first-order chi connectivity index (χ1) is 11.7. The van der Waals surface area contributed by atoms with E-state index in [0.717, 1.165) is 32.0 Å². The van der Waals surface area contributed by atoms with E-state index in [2.05, 4.69) is 59.9 Å². The molecular formula is C19H23Br2ClN2O. The molecule has 2 aliphatic heterocycles. The molecule has 4 rings (SSSR count). The van der Waals surface area contributed by atoms with Crippen molar-refractivity contribution in [2.45, 2.75) is 44.2 Å². The van der Waals surface area contributed by atoms with Crippen molar-refractivity contribution < 1.29 is 4.74 Å². The highest BCUT2D eigenvalue weighted by atomic mass is 79.9. The van der Waals surface area contributed by atoms with Crippen LogP contribution in [0.2, 0.25) is 0 Å². The summed E-state index contributed by atoms with van der Waals surface area (Å²) >= 11 is 7.18. The van der Waals surface area contributed by atoms with Crippen molar-refractivity contribution in [2.24, 2.45) is 0 Å². The van der Waals surface area contributed by atoms with Gasteiger partial charge in [0.1, 0.15) is 5.75 Å². The molecule has 0 radical (unpaired) electrons. The van der Waals surface area contributed by atoms with Gasteiger partial charge in [-0.15, -0.1) is 12.4 Å². The fraction of sp³-hybridized carbons (Fsp3) is 0.474. The monoisotopic (exact) mass is 488 g/mol. The van der Waals surface area contributed by atoms with E-state index in [1.807, 2.05) is 6.07 Å². The van der Waals surface area contributed by atoms with Crippen LogP contribution in [0, 0.1) is 0 Å². The predicted molar refractivity (Wildman–Crippen MR) is 112 cm³/mol. The lowest BCUT2D eigenvalue weighted by Gasteiger charge is -2.33. The van der Waals surface area contributed by atoms with Gasteiger partial charge in [0.05, 0.1) is 17.6 Å². The van der Waals surface area contributed by atoms with Gasteiger partial charge in [-0.3, -0.25) is 4.90 Å². The fourth-order valence-electron chi connectivity index (χ4n) is 4.32. The molecule has 136 valence electrons. The maximum absolute atomic E-state index is 5.61. The van der Waals surface area contributed by atoms with Gasteiger partial charge in [0.15, 0.2) is 0 Å². The van der Waals surface area contributed by atoms with Crippen LogP contribution in [0.25, 0.3) is 11.3 Å². The van der Waals surface area contributed by atoms with Gasteiger partial charge in [0, 0.05) is 27.5 Å². The van der Waals surface area contributed by atoms with E-state index in [1.54, 1.807) is 7.11 Å². The van der Waals surface area contributed by atoms with E-state index in [0.29, 0.717) is 6.04 Å². The van der Waals surface area contributed by atoms with Gasteiger partial charge in [-0.25, -0.2) is 0 Å². The smallest absolute Gasteiger partial charge is 0.142 e. The maximum atomic E-state index is 5.61. The van der Waals surface area contributed by atoms with Crippen LogP contribution in [0.15, 0.2) is 33.2 Å². The minimum absolute atomic E-state index is 0. The summed E-state index contributed by atoms with van der Waals surface area (Å²) in [7, 11) is 1.72. The van der Waals surface area contributed by atoms with Crippen molar-refractivity contribution in [3.8, 4) is 17.0 Å². The molecule has 0 amide bonds. The fourth-order valence-corrected chi connectivity index (χ4v) is 5.71. The van der Waals surface area contributed by atoms with Crippen molar-refractivity contribution >= 4 is 44.3 Å². The average molecular weight is 491 g/mol. The SMILES string of the molecule is COc1c(Br)cc(Br)cc1-c1ccc(C2CCC3CCCCN32)[nH]1.Cl. The normalized spacial score (nSPS) is 23.2. The minimum atomic E-state index is 0. The molecule has 1 aromatic carbocycles. The van der Waals surface area contributed by atoms with Crippen LogP contribution < -0.4 is 4.74 Å². The van der Waals surface area contributed by atoms with Crippen LogP contribution in [0.1, 0.15) is 43.8 Å². The molecule has 3 heterocycles. The lowest BCUT2D eigenvalue weighted by Crippen LogP contribution is -2.35. The number of aromatic nitrogens is 1. The number of aromatic amines is 1. The summed E-state index contributed by atoms with van der Waals surface area (Å²) in [4.78, 5) is 6.39. The highest BCUT2D eigenvalue weighted by Crippen LogP contribution is 2.42. The lowest BCUT2D eigenvalue weighted by atomic mass is 10.0. The third-order valence-corrected chi connectivity index (χ3v) is 6.46. The first-order valence-corrected chi connectivity index (χ1v) is 10.2. The van der Waals surface area contributed by atoms with Crippen molar-refractivity contribution in [3.63, 3.8) is 0 Å². The number of methoxy groups -OCH3 is 1. The summed E-state index contributed by atoms with van der Waals surface area (Å²) in [5.74, 6) is 0.869. The van der Waals surface area contributed by atoms with Crippen molar-refractivity contribution in [2.75, 3.05) is 13.7 Å². The van der Waals surface area contributed by atoms with Crippen LogP contribution in [0.3, 0.4) is 0 Å². The summed E-state index contributed by atoms with van der Waals surface area (Å²) in [6.45, 7) is 1.25. The summed E-state index contributed by atoms with van der Waals surface area (Å²) in [6, 6.07) is 9.91. The van der Waals surface area contributed by atoms with Gasteiger partial charge in [0.2, 0.25) is 0 Å². The molecule has 2 atom stereocenters. The highest BCUT2D eigenvalue weighted by Gasteiger charge is 2.36. The molecule has 0 aliphatic carbocycles. The molecule has 2 aromatic rings. The molecule has 3 nitrogen and oxygen atoms in total. The minimum Gasteiger partial charge on any atom is -0.495 e. The number of hydrogen-bond acceptors (Lipinski definition) is 2.